The summed E-state index contributed by atoms with van der Waals surface area (Å²) >= 11 is 0. The van der Waals surface area contributed by atoms with Gasteiger partial charge in [0.25, 0.3) is 0 Å². The highest BCUT2D eigenvalue weighted by molar-refractivity contribution is 4.92. The molecule has 0 aliphatic heterocycles. The van der Waals surface area contributed by atoms with Crippen LogP contribution in [0, 0.1) is 5.41 Å². The van der Waals surface area contributed by atoms with Crippen LogP contribution < -0.4 is 4.57 Å². The molecule has 0 N–H and O–H groups in total. The van der Waals surface area contributed by atoms with Crippen LogP contribution in [-0.4, -0.2) is 4.57 Å². The van der Waals surface area contributed by atoms with E-state index in [4.69, 9.17) is 0 Å². The van der Waals surface area contributed by atoms with E-state index in [2.05, 4.69) is 69.5 Å². The Balaban J connectivity index is 3.07. The van der Waals surface area contributed by atoms with Crippen molar-refractivity contribution >= 4 is 0 Å². The van der Waals surface area contributed by atoms with E-state index in [0.29, 0.717) is 5.41 Å². The van der Waals surface area contributed by atoms with Gasteiger partial charge < -0.3 is 0 Å². The van der Waals surface area contributed by atoms with Crippen molar-refractivity contribution in [2.45, 2.75) is 46.6 Å². The number of hydrogen-bond acceptors (Lipinski definition) is 0. The average molecular weight is 195 g/mol. The zero-order chi connectivity index (χ0) is 11.0. The van der Waals surface area contributed by atoms with Gasteiger partial charge in [-0.15, -0.1) is 0 Å². The fourth-order valence-corrected chi connectivity index (χ4v) is 1.56. The van der Waals surface area contributed by atoms with Crippen molar-refractivity contribution in [3.05, 3.63) is 18.7 Å². The van der Waals surface area contributed by atoms with Crippen molar-refractivity contribution in [2.75, 3.05) is 0 Å². The van der Waals surface area contributed by atoms with Crippen molar-refractivity contribution in [3.63, 3.8) is 0 Å². The van der Waals surface area contributed by atoms with Gasteiger partial charge in [0.05, 0.1) is 7.05 Å². The molecule has 1 aromatic heterocycles. The normalized spacial score (nSPS) is 13.3. The molecule has 1 rings (SSSR count). The molecule has 0 saturated heterocycles. The minimum absolute atomic E-state index is 0.156. The van der Waals surface area contributed by atoms with Crippen LogP contribution in [0.15, 0.2) is 18.7 Å². The summed E-state index contributed by atoms with van der Waals surface area (Å²) in [7, 11) is 2.06. The van der Waals surface area contributed by atoms with Crippen LogP contribution in [0.1, 0.15) is 41.0 Å². The molecule has 0 aliphatic rings. The lowest BCUT2D eigenvalue weighted by atomic mass is 9.72. The quantitative estimate of drug-likeness (QED) is 0.655. The summed E-state index contributed by atoms with van der Waals surface area (Å²) in [6.07, 6.45) is 7.57. The Labute approximate surface area is 87.6 Å². The Bertz CT molecular complexity index is 308. The average Bonchev–Trinajstić information content (AvgIpc) is 2.52. The summed E-state index contributed by atoms with van der Waals surface area (Å²) in [6.45, 7) is 11.5. The highest BCUT2D eigenvalue weighted by Crippen LogP contribution is 2.39. The molecule has 1 heterocycles. The lowest BCUT2D eigenvalue weighted by Crippen LogP contribution is -2.42. The number of rotatable bonds is 3. The molecule has 0 amide bonds. The van der Waals surface area contributed by atoms with Crippen LogP contribution in [0.4, 0.5) is 0 Å². The fraction of sp³-hybridized carbons (Fsp3) is 0.750. The molecule has 0 unspecified atom stereocenters. The molecule has 2 heteroatoms. The zero-order valence-corrected chi connectivity index (χ0v) is 10.3. The molecular formula is C12H23N2+. The third kappa shape index (κ3) is 1.70. The van der Waals surface area contributed by atoms with E-state index in [1.54, 1.807) is 0 Å². The molecule has 0 radical (unpaired) electrons. The lowest BCUT2D eigenvalue weighted by molar-refractivity contribution is -0.671. The highest BCUT2D eigenvalue weighted by Gasteiger charge is 2.40. The summed E-state index contributed by atoms with van der Waals surface area (Å²) in [5.74, 6) is 0. The number of aromatic nitrogens is 2. The van der Waals surface area contributed by atoms with E-state index in [1.807, 2.05) is 0 Å². The largest absolute Gasteiger partial charge is 0.243 e. The summed E-state index contributed by atoms with van der Waals surface area (Å²) < 4.78 is 4.39. The van der Waals surface area contributed by atoms with E-state index in [-0.39, 0.29) is 5.54 Å². The van der Waals surface area contributed by atoms with E-state index in [9.17, 15) is 0 Å². The van der Waals surface area contributed by atoms with Crippen LogP contribution in [0.2, 0.25) is 0 Å². The van der Waals surface area contributed by atoms with Gasteiger partial charge in [-0.05, 0) is 20.3 Å². The van der Waals surface area contributed by atoms with E-state index >= 15 is 0 Å². The van der Waals surface area contributed by atoms with Gasteiger partial charge in [0.1, 0.15) is 17.9 Å². The first-order chi connectivity index (χ1) is 6.31. The van der Waals surface area contributed by atoms with Gasteiger partial charge in [0, 0.05) is 5.41 Å². The maximum absolute atomic E-state index is 2.33. The molecule has 0 aromatic carbocycles. The van der Waals surface area contributed by atoms with Crippen molar-refractivity contribution in [1.29, 1.82) is 0 Å². The van der Waals surface area contributed by atoms with Gasteiger partial charge in [-0.2, -0.15) is 0 Å². The zero-order valence-electron chi connectivity index (χ0n) is 10.3. The van der Waals surface area contributed by atoms with Gasteiger partial charge in [-0.3, -0.25) is 0 Å². The maximum atomic E-state index is 2.33. The van der Waals surface area contributed by atoms with Gasteiger partial charge >= 0.3 is 0 Å². The van der Waals surface area contributed by atoms with Crippen molar-refractivity contribution in [2.24, 2.45) is 12.5 Å². The minimum Gasteiger partial charge on any atom is -0.240 e. The molecule has 0 spiro atoms. The molecule has 1 aromatic rings. The first-order valence-corrected chi connectivity index (χ1v) is 5.35. The van der Waals surface area contributed by atoms with E-state index < -0.39 is 0 Å². The topological polar surface area (TPSA) is 8.81 Å². The first-order valence-electron chi connectivity index (χ1n) is 5.35. The van der Waals surface area contributed by atoms with Crippen LogP contribution >= 0.6 is 0 Å². The lowest BCUT2D eigenvalue weighted by Gasteiger charge is -2.38. The van der Waals surface area contributed by atoms with Crippen LogP contribution in [0.25, 0.3) is 0 Å². The summed E-state index contributed by atoms with van der Waals surface area (Å²) in [5, 5.41) is 0. The van der Waals surface area contributed by atoms with E-state index in [0.717, 1.165) is 0 Å². The van der Waals surface area contributed by atoms with Crippen molar-refractivity contribution in [1.82, 2.24) is 4.57 Å². The smallest absolute Gasteiger partial charge is 0.240 e. The van der Waals surface area contributed by atoms with Crippen molar-refractivity contribution < 1.29 is 4.57 Å². The Morgan fingerprint density at radius 1 is 1.21 bits per heavy atom. The Morgan fingerprint density at radius 3 is 2.14 bits per heavy atom. The predicted octanol–water partition coefficient (Wildman–Crippen LogP) is 2.48. The van der Waals surface area contributed by atoms with Gasteiger partial charge in [0.15, 0.2) is 0 Å². The number of aryl methyl sites for hydroxylation is 1. The standard InChI is InChI=1S/C12H23N2/c1-7-11(2,3)12(4,5)14-9-8-13(6)10-14/h8-10H,7H2,1-6H3/q+1. The Kier molecular flexibility index (Phi) is 2.75. The van der Waals surface area contributed by atoms with Gasteiger partial charge in [-0.1, -0.05) is 20.8 Å². The number of nitrogens with zero attached hydrogens (tertiary/aromatic N) is 2. The second-order valence-corrected chi connectivity index (χ2v) is 5.28. The first kappa shape index (κ1) is 11.3. The Hall–Kier alpha value is -0.790. The second kappa shape index (κ2) is 3.41. The van der Waals surface area contributed by atoms with Crippen LogP contribution in [0.5, 0.6) is 0 Å². The Morgan fingerprint density at radius 2 is 1.79 bits per heavy atom. The third-order valence-electron chi connectivity index (χ3n) is 3.95. The predicted molar refractivity (Wildman–Crippen MR) is 59.0 cm³/mol. The van der Waals surface area contributed by atoms with Gasteiger partial charge in [-0.25, -0.2) is 9.13 Å². The molecular weight excluding hydrogens is 172 g/mol. The fourth-order valence-electron chi connectivity index (χ4n) is 1.56. The molecule has 80 valence electrons. The van der Waals surface area contributed by atoms with Crippen LogP contribution in [0.3, 0.4) is 0 Å². The number of imidazole rings is 1. The monoisotopic (exact) mass is 195 g/mol. The summed E-state index contributed by atoms with van der Waals surface area (Å²) in [5.41, 5.74) is 0.460. The minimum atomic E-state index is 0.156. The van der Waals surface area contributed by atoms with Crippen LogP contribution in [-0.2, 0) is 12.6 Å². The van der Waals surface area contributed by atoms with E-state index in [1.165, 1.54) is 6.42 Å². The number of hydrogen-bond donors (Lipinski definition) is 0. The molecule has 0 saturated carbocycles. The highest BCUT2D eigenvalue weighted by atomic mass is 15.1. The molecule has 0 bridgehead atoms. The molecule has 0 aliphatic carbocycles. The maximum Gasteiger partial charge on any atom is 0.243 e. The SMILES string of the molecule is CCC(C)(C)C(C)(C)n1cc[n+](C)c1. The molecule has 14 heavy (non-hydrogen) atoms. The van der Waals surface area contributed by atoms with Crippen molar-refractivity contribution in [3.8, 4) is 0 Å². The molecule has 0 fully saturated rings. The molecule has 0 atom stereocenters. The summed E-state index contributed by atoms with van der Waals surface area (Å²) in [6, 6.07) is 0. The second-order valence-electron chi connectivity index (χ2n) is 5.28. The van der Waals surface area contributed by atoms with Gasteiger partial charge in [0.2, 0.25) is 6.33 Å². The summed E-state index contributed by atoms with van der Waals surface area (Å²) in [4.78, 5) is 0. The third-order valence-corrected chi connectivity index (χ3v) is 3.95. The molecule has 2 nitrogen and oxygen atoms in total.